The van der Waals surface area contributed by atoms with Crippen LogP contribution in [0.3, 0.4) is 0 Å². The van der Waals surface area contributed by atoms with Crippen molar-refractivity contribution >= 4 is 34.4 Å². The summed E-state index contributed by atoms with van der Waals surface area (Å²) in [7, 11) is 0. The second-order valence-electron chi connectivity index (χ2n) is 7.80. The van der Waals surface area contributed by atoms with Gasteiger partial charge in [0.05, 0.1) is 16.7 Å². The monoisotopic (exact) mass is 434 g/mol. The number of rotatable bonds is 6. The van der Waals surface area contributed by atoms with Gasteiger partial charge in [-0.15, -0.1) is 0 Å². The molecule has 6 heteroatoms. The predicted octanol–water partition coefficient (Wildman–Crippen LogP) is 5.05. The van der Waals surface area contributed by atoms with Crippen molar-refractivity contribution < 1.29 is 14.7 Å². The molecule has 0 saturated carbocycles. The first kappa shape index (κ1) is 20.9. The number of halogens is 1. The number of amides is 1. The van der Waals surface area contributed by atoms with Gasteiger partial charge in [-0.1, -0.05) is 54.1 Å². The average molecular weight is 435 g/mol. The summed E-state index contributed by atoms with van der Waals surface area (Å²) in [4.78, 5) is 24.2. The number of carbonyl (C=O) groups excluding carboxylic acids is 1. The van der Waals surface area contributed by atoms with E-state index < -0.39 is 5.97 Å². The molecule has 0 fully saturated rings. The zero-order valence-electron chi connectivity index (χ0n) is 17.1. The molecule has 31 heavy (non-hydrogen) atoms. The van der Waals surface area contributed by atoms with Gasteiger partial charge in [-0.25, -0.2) is 4.79 Å². The molecule has 1 aliphatic rings. The predicted molar refractivity (Wildman–Crippen MR) is 122 cm³/mol. The number of aromatic nitrogens is 1. The number of hydrogen-bond acceptors (Lipinski definition) is 2. The van der Waals surface area contributed by atoms with Gasteiger partial charge in [0.25, 0.3) is 5.91 Å². The second-order valence-corrected chi connectivity index (χ2v) is 8.24. The van der Waals surface area contributed by atoms with Gasteiger partial charge >= 0.3 is 5.97 Å². The van der Waals surface area contributed by atoms with Crippen LogP contribution in [0, 0.1) is 5.92 Å². The van der Waals surface area contributed by atoms with E-state index in [0.29, 0.717) is 29.1 Å². The molecular formula is C25H23ClN2O3. The number of carboxylic acid groups (broad SMARTS) is 1. The van der Waals surface area contributed by atoms with E-state index in [4.69, 9.17) is 16.7 Å². The molecule has 0 spiro atoms. The van der Waals surface area contributed by atoms with Gasteiger partial charge in [0.15, 0.2) is 0 Å². The Bertz CT molecular complexity index is 1190. The van der Waals surface area contributed by atoms with E-state index in [1.54, 1.807) is 12.2 Å². The summed E-state index contributed by atoms with van der Waals surface area (Å²) in [5.74, 6) is -1.03. The molecule has 4 rings (SSSR count). The molecule has 3 aromatic rings. The van der Waals surface area contributed by atoms with Gasteiger partial charge in [-0.2, -0.15) is 0 Å². The summed E-state index contributed by atoms with van der Waals surface area (Å²) in [6.45, 7) is 2.58. The molecule has 1 aromatic heterocycles. The number of aliphatic carboxylic acids is 1. The highest BCUT2D eigenvalue weighted by Gasteiger charge is 2.22. The first-order valence-corrected chi connectivity index (χ1v) is 10.5. The fourth-order valence-corrected chi connectivity index (χ4v) is 4.05. The van der Waals surface area contributed by atoms with Crippen LogP contribution in [0.25, 0.3) is 10.9 Å². The van der Waals surface area contributed by atoms with Crippen molar-refractivity contribution in [2.24, 2.45) is 5.92 Å². The van der Waals surface area contributed by atoms with Crippen LogP contribution in [-0.4, -0.2) is 27.6 Å². The molecule has 1 heterocycles. The Hall–Kier alpha value is -3.31. The molecule has 0 bridgehead atoms. The van der Waals surface area contributed by atoms with Crippen molar-refractivity contribution in [2.45, 2.75) is 25.9 Å². The lowest BCUT2D eigenvalue weighted by atomic mass is 9.91. The largest absolute Gasteiger partial charge is 0.478 e. The number of hydrogen-bond donors (Lipinski definition) is 2. The van der Waals surface area contributed by atoms with E-state index in [1.165, 1.54) is 0 Å². The minimum absolute atomic E-state index is 0.0482. The van der Waals surface area contributed by atoms with Crippen molar-refractivity contribution in [1.82, 2.24) is 9.88 Å². The molecule has 0 aliphatic heterocycles. The van der Waals surface area contributed by atoms with Crippen molar-refractivity contribution in [3.63, 3.8) is 0 Å². The van der Waals surface area contributed by atoms with E-state index >= 15 is 0 Å². The van der Waals surface area contributed by atoms with Crippen LogP contribution >= 0.6 is 11.6 Å². The lowest BCUT2D eigenvalue weighted by molar-refractivity contribution is -0.132. The summed E-state index contributed by atoms with van der Waals surface area (Å²) in [5, 5.41) is 13.9. The average Bonchev–Trinajstić information content (AvgIpc) is 3.18. The van der Waals surface area contributed by atoms with Gasteiger partial charge in [-0.05, 0) is 43.2 Å². The van der Waals surface area contributed by atoms with Crippen molar-refractivity contribution in [3.8, 4) is 0 Å². The molecular weight excluding hydrogens is 412 g/mol. The highest BCUT2D eigenvalue weighted by Crippen LogP contribution is 2.24. The fraction of sp³-hybridized carbons (Fsp3) is 0.200. The van der Waals surface area contributed by atoms with Crippen LogP contribution in [0.2, 0.25) is 5.02 Å². The molecule has 2 aromatic carbocycles. The first-order valence-electron chi connectivity index (χ1n) is 10.2. The number of carbonyl (C=O) groups is 2. The Kier molecular flexibility index (Phi) is 5.96. The topological polar surface area (TPSA) is 71.3 Å². The normalized spacial score (nSPS) is 16.7. The molecule has 5 nitrogen and oxygen atoms in total. The van der Waals surface area contributed by atoms with E-state index in [9.17, 15) is 9.59 Å². The molecule has 0 radical (unpaired) electrons. The van der Waals surface area contributed by atoms with E-state index in [2.05, 4.69) is 9.88 Å². The highest BCUT2D eigenvalue weighted by molar-refractivity contribution is 6.30. The molecule has 1 unspecified atom stereocenters. The number of nitrogens with zero attached hydrogens (tertiary/aromatic N) is 1. The summed E-state index contributed by atoms with van der Waals surface area (Å²) >= 11 is 5.99. The van der Waals surface area contributed by atoms with Crippen LogP contribution in [0.5, 0.6) is 0 Å². The summed E-state index contributed by atoms with van der Waals surface area (Å²) in [6.07, 6.45) is 7.74. The maximum atomic E-state index is 13.2. The second kappa shape index (κ2) is 8.82. The first-order chi connectivity index (χ1) is 14.9. The molecule has 1 aliphatic carbocycles. The van der Waals surface area contributed by atoms with Gasteiger partial charge in [0, 0.05) is 35.1 Å². The third-order valence-electron chi connectivity index (χ3n) is 5.68. The van der Waals surface area contributed by atoms with Gasteiger partial charge in [0.1, 0.15) is 0 Å². The van der Waals surface area contributed by atoms with Crippen LogP contribution in [-0.2, 0) is 11.3 Å². The summed E-state index contributed by atoms with van der Waals surface area (Å²) in [5.41, 5.74) is 2.89. The zero-order chi connectivity index (χ0) is 22.0. The van der Waals surface area contributed by atoms with E-state index in [0.717, 1.165) is 16.5 Å². The quantitative estimate of drug-likeness (QED) is 0.570. The lowest BCUT2D eigenvalue weighted by Crippen LogP contribution is -2.38. The Morgan fingerprint density at radius 1 is 1.19 bits per heavy atom. The number of fused-ring (bicyclic) bond motifs is 1. The fourth-order valence-electron chi connectivity index (χ4n) is 3.92. The van der Waals surface area contributed by atoms with E-state index in [1.807, 2.05) is 67.7 Å². The lowest BCUT2D eigenvalue weighted by Gasteiger charge is -2.23. The third-order valence-corrected chi connectivity index (χ3v) is 5.93. The molecule has 2 atom stereocenters. The van der Waals surface area contributed by atoms with Crippen molar-refractivity contribution in [1.29, 1.82) is 0 Å². The number of nitrogens with one attached hydrogen (secondary N) is 1. The Labute approximate surface area is 185 Å². The maximum absolute atomic E-state index is 13.2. The molecule has 158 valence electrons. The Morgan fingerprint density at radius 3 is 2.65 bits per heavy atom. The number of carboxylic acids is 1. The third kappa shape index (κ3) is 4.57. The maximum Gasteiger partial charge on any atom is 0.335 e. The molecule has 1 amide bonds. The van der Waals surface area contributed by atoms with Crippen molar-refractivity contribution in [2.75, 3.05) is 0 Å². The van der Waals surface area contributed by atoms with Gasteiger partial charge in [-0.3, -0.25) is 4.79 Å². The Morgan fingerprint density at radius 2 is 1.97 bits per heavy atom. The molecule has 0 saturated heterocycles. The minimum Gasteiger partial charge on any atom is -0.478 e. The van der Waals surface area contributed by atoms with Crippen molar-refractivity contribution in [3.05, 3.63) is 94.7 Å². The van der Waals surface area contributed by atoms with Crippen LogP contribution in [0.15, 0.2) is 78.5 Å². The number of benzene rings is 2. The smallest absolute Gasteiger partial charge is 0.335 e. The summed E-state index contributed by atoms with van der Waals surface area (Å²) < 4.78 is 2.07. The molecule has 2 N–H and O–H groups in total. The standard InChI is InChI=1S/C25H23ClN2O3/c1-16(18-7-9-20(10-8-18)25(30)31)27-24(29)22-4-2-3-19-13-14-28(23(19)22)15-17-5-11-21(26)12-6-17/h2-7,9-14,16,18H,8,15H2,1H3,(H,27,29)(H,30,31)/t16-,18?/m0/s1. The number of para-hydroxylation sites is 1. The van der Waals surface area contributed by atoms with E-state index in [-0.39, 0.29) is 17.9 Å². The van der Waals surface area contributed by atoms with Crippen LogP contribution in [0.1, 0.15) is 29.3 Å². The van der Waals surface area contributed by atoms with Gasteiger partial charge < -0.3 is 15.0 Å². The Balaban J connectivity index is 1.54. The number of allylic oxidation sites excluding steroid dienone is 1. The zero-order valence-corrected chi connectivity index (χ0v) is 17.8. The van der Waals surface area contributed by atoms with Gasteiger partial charge in [0.2, 0.25) is 0 Å². The highest BCUT2D eigenvalue weighted by atomic mass is 35.5. The van der Waals surface area contributed by atoms with Crippen LogP contribution < -0.4 is 5.32 Å². The SMILES string of the molecule is C[C@H](NC(=O)c1cccc2ccn(Cc3ccc(Cl)cc3)c12)C1C=CC(C(=O)O)=CC1. The van der Waals surface area contributed by atoms with Crippen LogP contribution in [0.4, 0.5) is 0 Å². The summed E-state index contributed by atoms with van der Waals surface area (Å²) in [6, 6.07) is 15.3. The minimum atomic E-state index is -0.931.